The number of methoxy groups -OCH3 is 1. The van der Waals surface area contributed by atoms with Crippen molar-refractivity contribution in [2.75, 3.05) is 13.7 Å². The lowest BCUT2D eigenvalue weighted by atomic mass is 10.1. The summed E-state index contributed by atoms with van der Waals surface area (Å²) in [6.45, 7) is 5.57. The molecule has 2 rings (SSSR count). The maximum atomic E-state index is 12.8. The van der Waals surface area contributed by atoms with Gasteiger partial charge in [0.15, 0.2) is 5.78 Å². The Morgan fingerprint density at radius 2 is 1.93 bits per heavy atom. The number of ketones is 1. The quantitative estimate of drug-likeness (QED) is 0.410. The highest BCUT2D eigenvalue weighted by atomic mass is 16.6. The molecule has 0 radical (unpaired) electrons. The maximum Gasteiger partial charge on any atom is 0.286 e. The molecule has 0 spiro atoms. The van der Waals surface area contributed by atoms with Gasteiger partial charge in [0.25, 0.3) is 17.2 Å². The minimum Gasteiger partial charge on any atom is -0.383 e. The van der Waals surface area contributed by atoms with Gasteiger partial charge < -0.3 is 19.6 Å². The van der Waals surface area contributed by atoms with Crippen LogP contribution in [-0.4, -0.2) is 39.5 Å². The number of primary amides is 1. The highest BCUT2D eigenvalue weighted by Crippen LogP contribution is 2.22. The molecule has 2 aromatic heterocycles. The summed E-state index contributed by atoms with van der Waals surface area (Å²) in [4.78, 5) is 46.9. The molecule has 0 saturated heterocycles. The molecule has 0 bridgehead atoms. The summed E-state index contributed by atoms with van der Waals surface area (Å²) in [6, 6.07) is 2.50. The largest absolute Gasteiger partial charge is 0.383 e. The first-order valence-electron chi connectivity index (χ1n) is 8.47. The van der Waals surface area contributed by atoms with Crippen molar-refractivity contribution in [2.24, 2.45) is 5.73 Å². The second-order valence-electron chi connectivity index (χ2n) is 6.55. The molecule has 10 nitrogen and oxygen atoms in total. The van der Waals surface area contributed by atoms with Crippen LogP contribution in [0.3, 0.4) is 0 Å². The number of nitrogens with zero attached hydrogens (tertiary/aromatic N) is 3. The van der Waals surface area contributed by atoms with E-state index in [4.69, 9.17) is 10.5 Å². The number of hydrogen-bond acceptors (Lipinski definition) is 6. The number of Topliss-reactive ketones (excluding diaryl/α,β-unsaturated/α-hetero) is 1. The monoisotopic (exact) mass is 390 g/mol. The molecule has 1 atom stereocenters. The van der Waals surface area contributed by atoms with Gasteiger partial charge in [0.05, 0.1) is 30.3 Å². The topological polar surface area (TPSA) is 139 Å². The van der Waals surface area contributed by atoms with E-state index < -0.39 is 40.0 Å². The molecule has 1 unspecified atom stereocenters. The summed E-state index contributed by atoms with van der Waals surface area (Å²) < 4.78 is 7.95. The van der Waals surface area contributed by atoms with Gasteiger partial charge in [0.1, 0.15) is 5.56 Å². The van der Waals surface area contributed by atoms with Crippen LogP contribution in [0.25, 0.3) is 0 Å². The number of amides is 1. The standard InChI is InChI=1S/C18H22N4O6/c1-10-5-14(12(3)21(10)11(2)9-28-4)16(23)8-20-7-13(22(26)27)6-15(17(19)24)18(20)25/h5-7,11H,8-9H2,1-4H3,(H2,19,24). The van der Waals surface area contributed by atoms with Crippen LogP contribution in [-0.2, 0) is 11.3 Å². The van der Waals surface area contributed by atoms with E-state index in [1.807, 2.05) is 18.4 Å². The number of nitro groups is 1. The van der Waals surface area contributed by atoms with E-state index in [2.05, 4.69) is 0 Å². The maximum absolute atomic E-state index is 12.8. The zero-order valence-electron chi connectivity index (χ0n) is 16.1. The summed E-state index contributed by atoms with van der Waals surface area (Å²) in [5.74, 6) is -1.51. The van der Waals surface area contributed by atoms with E-state index >= 15 is 0 Å². The van der Waals surface area contributed by atoms with E-state index in [0.29, 0.717) is 17.9 Å². The normalized spacial score (nSPS) is 12.0. The SMILES string of the molecule is COCC(C)n1c(C)cc(C(=O)Cn2cc([N+](=O)[O-])cc(C(N)=O)c2=O)c1C. The number of hydrogen-bond donors (Lipinski definition) is 1. The Morgan fingerprint density at radius 1 is 1.29 bits per heavy atom. The van der Waals surface area contributed by atoms with Gasteiger partial charge in [-0.15, -0.1) is 0 Å². The van der Waals surface area contributed by atoms with Gasteiger partial charge in [0, 0.05) is 30.1 Å². The number of aromatic nitrogens is 2. The van der Waals surface area contributed by atoms with E-state index in [1.165, 1.54) is 0 Å². The van der Waals surface area contributed by atoms with Gasteiger partial charge in [-0.05, 0) is 26.8 Å². The van der Waals surface area contributed by atoms with Crippen LogP contribution < -0.4 is 11.3 Å². The van der Waals surface area contributed by atoms with Gasteiger partial charge in [-0.25, -0.2) is 0 Å². The van der Waals surface area contributed by atoms with Crippen molar-refractivity contribution in [1.82, 2.24) is 9.13 Å². The fraction of sp³-hybridized carbons (Fsp3) is 0.389. The molecular weight excluding hydrogens is 368 g/mol. The minimum atomic E-state index is -1.10. The van der Waals surface area contributed by atoms with E-state index in [-0.39, 0.29) is 6.04 Å². The van der Waals surface area contributed by atoms with E-state index in [9.17, 15) is 24.5 Å². The summed E-state index contributed by atoms with van der Waals surface area (Å²) in [5.41, 5.74) is 5.16. The van der Waals surface area contributed by atoms with E-state index in [1.54, 1.807) is 20.1 Å². The second kappa shape index (κ2) is 8.17. The number of carbonyl (C=O) groups excluding carboxylic acids is 2. The zero-order chi connectivity index (χ0) is 21.2. The predicted molar refractivity (Wildman–Crippen MR) is 101 cm³/mol. The third kappa shape index (κ3) is 4.01. The van der Waals surface area contributed by atoms with Crippen molar-refractivity contribution >= 4 is 17.4 Å². The van der Waals surface area contributed by atoms with Crippen molar-refractivity contribution < 1.29 is 19.2 Å². The Balaban J connectivity index is 2.46. The highest BCUT2D eigenvalue weighted by molar-refractivity contribution is 5.97. The first kappa shape index (κ1) is 21.0. The molecule has 0 aliphatic carbocycles. The van der Waals surface area contributed by atoms with Crippen molar-refractivity contribution in [3.8, 4) is 0 Å². The smallest absolute Gasteiger partial charge is 0.286 e. The van der Waals surface area contributed by atoms with Crippen LogP contribution in [0.5, 0.6) is 0 Å². The van der Waals surface area contributed by atoms with Crippen molar-refractivity contribution in [2.45, 2.75) is 33.4 Å². The van der Waals surface area contributed by atoms with Crippen LogP contribution in [0, 0.1) is 24.0 Å². The predicted octanol–water partition coefficient (Wildman–Crippen LogP) is 1.36. The number of carbonyl (C=O) groups is 2. The van der Waals surface area contributed by atoms with Gasteiger partial charge in [-0.3, -0.25) is 24.5 Å². The first-order valence-corrected chi connectivity index (χ1v) is 8.47. The molecule has 2 N–H and O–H groups in total. The molecule has 2 heterocycles. The fourth-order valence-corrected chi connectivity index (χ4v) is 3.31. The number of rotatable bonds is 8. The molecule has 150 valence electrons. The summed E-state index contributed by atoms with van der Waals surface area (Å²) >= 11 is 0. The average Bonchev–Trinajstić information content (AvgIpc) is 2.90. The molecule has 0 saturated carbocycles. The first-order chi connectivity index (χ1) is 13.1. The van der Waals surface area contributed by atoms with Crippen molar-refractivity contribution in [3.63, 3.8) is 0 Å². The molecule has 0 fully saturated rings. The molecule has 0 aliphatic rings. The highest BCUT2D eigenvalue weighted by Gasteiger charge is 2.22. The Labute approximate surface area is 160 Å². The number of aryl methyl sites for hydroxylation is 1. The van der Waals surface area contributed by atoms with Crippen LogP contribution in [0.2, 0.25) is 0 Å². The molecule has 1 amide bonds. The van der Waals surface area contributed by atoms with Gasteiger partial charge in [-0.1, -0.05) is 0 Å². The van der Waals surface area contributed by atoms with Crippen LogP contribution in [0.1, 0.15) is 45.1 Å². The molecule has 10 heteroatoms. The Kier molecular flexibility index (Phi) is 6.14. The Morgan fingerprint density at radius 3 is 2.46 bits per heavy atom. The second-order valence-corrected chi connectivity index (χ2v) is 6.55. The minimum absolute atomic E-state index is 0.00597. The van der Waals surface area contributed by atoms with Crippen LogP contribution in [0.4, 0.5) is 5.69 Å². The molecule has 2 aromatic rings. The van der Waals surface area contributed by atoms with Crippen LogP contribution >= 0.6 is 0 Å². The molecule has 0 aromatic carbocycles. The zero-order valence-corrected chi connectivity index (χ0v) is 16.1. The van der Waals surface area contributed by atoms with Gasteiger partial charge in [0.2, 0.25) is 0 Å². The molecular formula is C18H22N4O6. The number of ether oxygens (including phenoxy) is 1. The summed E-state index contributed by atoms with van der Waals surface area (Å²) in [7, 11) is 1.59. The Bertz CT molecular complexity index is 1000. The molecule has 28 heavy (non-hydrogen) atoms. The molecule has 0 aliphatic heterocycles. The Hall–Kier alpha value is -3.27. The van der Waals surface area contributed by atoms with Crippen LogP contribution in [0.15, 0.2) is 23.1 Å². The summed E-state index contributed by atoms with van der Waals surface area (Å²) in [6.07, 6.45) is 0.930. The van der Waals surface area contributed by atoms with E-state index in [0.717, 1.165) is 22.5 Å². The fourth-order valence-electron chi connectivity index (χ4n) is 3.31. The lowest BCUT2D eigenvalue weighted by Crippen LogP contribution is -2.31. The van der Waals surface area contributed by atoms with Crippen molar-refractivity contribution in [3.05, 3.63) is 61.3 Å². The average molecular weight is 390 g/mol. The van der Waals surface area contributed by atoms with Gasteiger partial charge in [-0.2, -0.15) is 0 Å². The lowest BCUT2D eigenvalue weighted by molar-refractivity contribution is -0.385. The third-order valence-corrected chi connectivity index (χ3v) is 4.50. The third-order valence-electron chi connectivity index (χ3n) is 4.50. The summed E-state index contributed by atoms with van der Waals surface area (Å²) in [5, 5.41) is 11.1. The number of nitrogens with two attached hydrogens (primary N) is 1. The van der Waals surface area contributed by atoms with Crippen molar-refractivity contribution in [1.29, 1.82) is 0 Å². The lowest BCUT2D eigenvalue weighted by Gasteiger charge is -2.17. The number of pyridine rings is 1. The van der Waals surface area contributed by atoms with Gasteiger partial charge >= 0.3 is 0 Å².